The average molecular weight is 340 g/mol. The zero-order valence-corrected chi connectivity index (χ0v) is 14.2. The number of fused-ring (bicyclic) bond motifs is 1. The predicted molar refractivity (Wildman–Crippen MR) is 90.1 cm³/mol. The Balaban J connectivity index is 1.31. The van der Waals surface area contributed by atoms with Crippen LogP contribution in [0.2, 0.25) is 0 Å². The van der Waals surface area contributed by atoms with Crippen molar-refractivity contribution in [2.24, 2.45) is 0 Å². The van der Waals surface area contributed by atoms with Crippen molar-refractivity contribution >= 4 is 17.0 Å². The third-order valence-electron chi connectivity index (χ3n) is 4.88. The van der Waals surface area contributed by atoms with E-state index < -0.39 is 0 Å². The number of anilines is 1. The van der Waals surface area contributed by atoms with Gasteiger partial charge in [0.05, 0.1) is 12.9 Å². The van der Waals surface area contributed by atoms with E-state index in [0.717, 1.165) is 43.2 Å². The minimum Gasteiger partial charge on any atom is -0.352 e. The Hall–Kier alpha value is -2.55. The first-order valence-corrected chi connectivity index (χ1v) is 8.72. The lowest BCUT2D eigenvalue weighted by Crippen LogP contribution is -2.46. The quantitative estimate of drug-likeness (QED) is 0.699. The van der Waals surface area contributed by atoms with Gasteiger partial charge in [0.2, 0.25) is 5.89 Å². The second-order valence-corrected chi connectivity index (χ2v) is 6.75. The third kappa shape index (κ3) is 2.74. The maximum atomic E-state index is 5.22. The van der Waals surface area contributed by atoms with Crippen LogP contribution in [0.1, 0.15) is 30.6 Å². The van der Waals surface area contributed by atoms with E-state index in [1.807, 2.05) is 13.3 Å². The van der Waals surface area contributed by atoms with Gasteiger partial charge in [-0.25, -0.2) is 15.0 Å². The molecule has 0 radical (unpaired) electrons. The van der Waals surface area contributed by atoms with Crippen molar-refractivity contribution in [3.63, 3.8) is 0 Å². The molecule has 0 atom stereocenters. The highest BCUT2D eigenvalue weighted by atomic mass is 16.5. The van der Waals surface area contributed by atoms with E-state index in [9.17, 15) is 0 Å². The van der Waals surface area contributed by atoms with Crippen molar-refractivity contribution in [1.82, 2.24) is 34.6 Å². The second kappa shape index (κ2) is 5.76. The maximum Gasteiger partial charge on any atom is 0.240 e. The molecule has 9 nitrogen and oxygen atoms in total. The lowest BCUT2D eigenvalue weighted by atomic mass is 10.3. The fourth-order valence-electron chi connectivity index (χ4n) is 3.40. The smallest absolute Gasteiger partial charge is 0.240 e. The molecule has 0 spiro atoms. The van der Waals surface area contributed by atoms with Gasteiger partial charge in [-0.2, -0.15) is 4.98 Å². The Morgan fingerprint density at radius 3 is 2.68 bits per heavy atom. The van der Waals surface area contributed by atoms with Gasteiger partial charge in [0.15, 0.2) is 22.8 Å². The van der Waals surface area contributed by atoms with Crippen molar-refractivity contribution in [3.8, 4) is 0 Å². The molecule has 25 heavy (non-hydrogen) atoms. The molecule has 1 saturated carbocycles. The summed E-state index contributed by atoms with van der Waals surface area (Å²) in [7, 11) is 0. The number of piperazine rings is 1. The highest BCUT2D eigenvalue weighted by Gasteiger charge is 2.28. The Kier molecular flexibility index (Phi) is 3.40. The normalized spacial score (nSPS) is 19.0. The fraction of sp³-hybridized carbons (Fsp3) is 0.562. The van der Waals surface area contributed by atoms with Gasteiger partial charge in [-0.05, 0) is 19.8 Å². The molecule has 1 saturated heterocycles. The Bertz CT molecular complexity index is 891. The summed E-state index contributed by atoms with van der Waals surface area (Å²) in [6.07, 6.45) is 6.01. The minimum absolute atomic E-state index is 0.572. The molecular weight excluding hydrogens is 320 g/mol. The summed E-state index contributed by atoms with van der Waals surface area (Å²) in [5.41, 5.74) is 1.87. The molecule has 0 N–H and O–H groups in total. The van der Waals surface area contributed by atoms with E-state index in [1.54, 1.807) is 6.33 Å². The molecule has 1 aliphatic carbocycles. The SMILES string of the molecule is Cc1noc(CN2CCN(c3ncnc4c3ncn4C3CC3)CC2)n1. The summed E-state index contributed by atoms with van der Waals surface area (Å²) in [5, 5.41) is 3.85. The van der Waals surface area contributed by atoms with Gasteiger partial charge in [-0.3, -0.25) is 4.90 Å². The molecule has 0 bridgehead atoms. The van der Waals surface area contributed by atoms with Crippen LogP contribution < -0.4 is 4.90 Å². The monoisotopic (exact) mass is 340 g/mol. The lowest BCUT2D eigenvalue weighted by molar-refractivity contribution is 0.215. The van der Waals surface area contributed by atoms with Gasteiger partial charge in [-0.1, -0.05) is 5.16 Å². The topological polar surface area (TPSA) is 89.0 Å². The van der Waals surface area contributed by atoms with Gasteiger partial charge < -0.3 is 14.0 Å². The summed E-state index contributed by atoms with van der Waals surface area (Å²) in [6.45, 7) is 6.19. The number of hydrogen-bond donors (Lipinski definition) is 0. The average Bonchev–Trinajstić information content (AvgIpc) is 3.25. The number of aryl methyl sites for hydroxylation is 1. The van der Waals surface area contributed by atoms with E-state index in [-0.39, 0.29) is 0 Å². The Morgan fingerprint density at radius 2 is 1.96 bits per heavy atom. The summed E-state index contributed by atoms with van der Waals surface area (Å²) < 4.78 is 7.41. The van der Waals surface area contributed by atoms with E-state index in [4.69, 9.17) is 4.52 Å². The first-order chi connectivity index (χ1) is 12.3. The molecule has 2 aliphatic rings. The zero-order chi connectivity index (χ0) is 16.8. The van der Waals surface area contributed by atoms with Crippen LogP contribution in [0.3, 0.4) is 0 Å². The third-order valence-corrected chi connectivity index (χ3v) is 4.88. The summed E-state index contributed by atoms with van der Waals surface area (Å²) >= 11 is 0. The van der Waals surface area contributed by atoms with Gasteiger partial charge >= 0.3 is 0 Å². The molecule has 2 fully saturated rings. The molecule has 4 heterocycles. The second-order valence-electron chi connectivity index (χ2n) is 6.75. The number of aromatic nitrogens is 6. The largest absolute Gasteiger partial charge is 0.352 e. The van der Waals surface area contributed by atoms with Crippen molar-refractivity contribution in [1.29, 1.82) is 0 Å². The van der Waals surface area contributed by atoms with E-state index >= 15 is 0 Å². The summed E-state index contributed by atoms with van der Waals surface area (Å²) in [6, 6.07) is 0.572. The van der Waals surface area contributed by atoms with Gasteiger partial charge in [0.1, 0.15) is 6.33 Å². The molecular formula is C16H20N8O. The standard InChI is InChI=1S/C16H20N8O/c1-11-20-13(25-21-11)8-22-4-6-23(7-5-22)15-14-16(18-9-17-15)24(10-19-14)12-2-3-12/h9-10,12H,2-8H2,1H3. The van der Waals surface area contributed by atoms with Crippen LogP contribution in [0.15, 0.2) is 17.2 Å². The van der Waals surface area contributed by atoms with E-state index in [2.05, 4.69) is 39.5 Å². The van der Waals surface area contributed by atoms with Crippen LogP contribution >= 0.6 is 0 Å². The van der Waals surface area contributed by atoms with Crippen LogP contribution in [0.5, 0.6) is 0 Å². The number of rotatable bonds is 4. The number of hydrogen-bond acceptors (Lipinski definition) is 8. The van der Waals surface area contributed by atoms with Gasteiger partial charge in [-0.15, -0.1) is 0 Å². The van der Waals surface area contributed by atoms with Crippen LogP contribution in [-0.2, 0) is 6.54 Å². The minimum atomic E-state index is 0.572. The van der Waals surface area contributed by atoms with Crippen LogP contribution in [-0.4, -0.2) is 60.7 Å². The Labute approximate surface area is 144 Å². The molecule has 9 heteroatoms. The number of imidazole rings is 1. The van der Waals surface area contributed by atoms with E-state index in [1.165, 1.54) is 12.8 Å². The molecule has 130 valence electrons. The molecule has 3 aromatic heterocycles. The zero-order valence-electron chi connectivity index (χ0n) is 14.2. The molecule has 5 rings (SSSR count). The van der Waals surface area contributed by atoms with Crippen molar-refractivity contribution in [2.45, 2.75) is 32.4 Å². The maximum absolute atomic E-state index is 5.22. The Morgan fingerprint density at radius 1 is 1.12 bits per heavy atom. The fourth-order valence-corrected chi connectivity index (χ4v) is 3.40. The van der Waals surface area contributed by atoms with Crippen molar-refractivity contribution < 1.29 is 4.52 Å². The highest BCUT2D eigenvalue weighted by Crippen LogP contribution is 2.37. The van der Waals surface area contributed by atoms with Crippen LogP contribution in [0, 0.1) is 6.92 Å². The lowest BCUT2D eigenvalue weighted by Gasteiger charge is -2.34. The van der Waals surface area contributed by atoms with Crippen molar-refractivity contribution in [2.75, 3.05) is 31.1 Å². The van der Waals surface area contributed by atoms with Gasteiger partial charge in [0, 0.05) is 32.2 Å². The predicted octanol–water partition coefficient (Wildman–Crippen LogP) is 1.17. The van der Waals surface area contributed by atoms with E-state index in [0.29, 0.717) is 24.3 Å². The summed E-state index contributed by atoms with van der Waals surface area (Å²) in [4.78, 5) is 22.5. The molecule has 1 aliphatic heterocycles. The van der Waals surface area contributed by atoms with Crippen LogP contribution in [0.25, 0.3) is 11.2 Å². The number of nitrogens with zero attached hydrogens (tertiary/aromatic N) is 8. The molecule has 3 aromatic rings. The van der Waals surface area contributed by atoms with Gasteiger partial charge in [0.25, 0.3) is 0 Å². The highest BCUT2D eigenvalue weighted by molar-refractivity contribution is 5.83. The molecule has 0 aromatic carbocycles. The van der Waals surface area contributed by atoms with Crippen LogP contribution in [0.4, 0.5) is 5.82 Å². The molecule has 0 unspecified atom stereocenters. The molecule has 0 amide bonds. The summed E-state index contributed by atoms with van der Waals surface area (Å²) in [5.74, 6) is 2.31. The first kappa shape index (κ1) is 14.8. The first-order valence-electron chi connectivity index (χ1n) is 8.72. The van der Waals surface area contributed by atoms with Crippen molar-refractivity contribution in [3.05, 3.63) is 24.4 Å².